The first-order chi connectivity index (χ1) is 7.74. The van der Waals surface area contributed by atoms with E-state index in [0.717, 1.165) is 38.4 Å². The van der Waals surface area contributed by atoms with Crippen molar-refractivity contribution < 1.29 is 8.78 Å². The molecular formula is C13H19F2N. The predicted octanol–water partition coefficient (Wildman–Crippen LogP) is 3.29. The van der Waals surface area contributed by atoms with Crippen LogP contribution < -0.4 is 5.32 Å². The Balaban J connectivity index is 2.23. The molecule has 0 unspecified atom stereocenters. The van der Waals surface area contributed by atoms with Gasteiger partial charge in [-0.15, -0.1) is 0 Å². The van der Waals surface area contributed by atoms with Crippen LogP contribution in [0.3, 0.4) is 0 Å². The van der Waals surface area contributed by atoms with Crippen molar-refractivity contribution in [3.8, 4) is 0 Å². The zero-order valence-corrected chi connectivity index (χ0v) is 9.73. The highest BCUT2D eigenvalue weighted by Crippen LogP contribution is 2.12. The van der Waals surface area contributed by atoms with E-state index in [-0.39, 0.29) is 11.6 Å². The molecule has 0 aliphatic carbocycles. The molecule has 16 heavy (non-hydrogen) atoms. The molecule has 0 amide bonds. The van der Waals surface area contributed by atoms with E-state index in [0.29, 0.717) is 12.0 Å². The van der Waals surface area contributed by atoms with E-state index in [2.05, 4.69) is 12.2 Å². The van der Waals surface area contributed by atoms with Crippen molar-refractivity contribution in [2.24, 2.45) is 0 Å². The molecule has 90 valence electrons. The zero-order valence-electron chi connectivity index (χ0n) is 9.73. The van der Waals surface area contributed by atoms with Gasteiger partial charge in [0.1, 0.15) is 11.6 Å². The maximum atomic E-state index is 13.2. The second kappa shape index (κ2) is 7.34. The summed E-state index contributed by atoms with van der Waals surface area (Å²) in [5.41, 5.74) is 0.482. The summed E-state index contributed by atoms with van der Waals surface area (Å²) in [6.45, 7) is 4.09. The highest BCUT2D eigenvalue weighted by molar-refractivity contribution is 5.18. The lowest BCUT2D eigenvalue weighted by Gasteiger charge is -2.04. The quantitative estimate of drug-likeness (QED) is 0.705. The SMILES string of the molecule is CCCNCCCCc1cc(F)ccc1F. The van der Waals surface area contributed by atoms with Crippen LogP contribution in [-0.2, 0) is 6.42 Å². The van der Waals surface area contributed by atoms with E-state index in [4.69, 9.17) is 0 Å². The Hall–Kier alpha value is -0.960. The van der Waals surface area contributed by atoms with Crippen LogP contribution in [-0.4, -0.2) is 13.1 Å². The normalized spacial score (nSPS) is 10.7. The number of hydrogen-bond acceptors (Lipinski definition) is 1. The van der Waals surface area contributed by atoms with Gasteiger partial charge < -0.3 is 5.32 Å². The van der Waals surface area contributed by atoms with Gasteiger partial charge in [-0.3, -0.25) is 0 Å². The second-order valence-corrected chi connectivity index (χ2v) is 3.94. The van der Waals surface area contributed by atoms with E-state index in [1.807, 2.05) is 0 Å². The molecule has 0 bridgehead atoms. The molecule has 0 saturated heterocycles. The molecule has 0 aliphatic heterocycles. The molecule has 0 spiro atoms. The van der Waals surface area contributed by atoms with Gasteiger partial charge in [-0.1, -0.05) is 6.92 Å². The first kappa shape index (κ1) is 13.1. The summed E-state index contributed by atoms with van der Waals surface area (Å²) in [5.74, 6) is -0.663. The Morgan fingerprint density at radius 1 is 1.12 bits per heavy atom. The predicted molar refractivity (Wildman–Crippen MR) is 62.5 cm³/mol. The van der Waals surface area contributed by atoms with Gasteiger partial charge in [-0.25, -0.2) is 8.78 Å². The Morgan fingerprint density at radius 3 is 2.69 bits per heavy atom. The van der Waals surface area contributed by atoms with E-state index in [1.54, 1.807) is 0 Å². The van der Waals surface area contributed by atoms with Gasteiger partial charge in [0.25, 0.3) is 0 Å². The summed E-state index contributed by atoms with van der Waals surface area (Å²) in [7, 11) is 0. The third-order valence-corrected chi connectivity index (χ3v) is 2.48. The molecule has 0 aromatic heterocycles. The van der Waals surface area contributed by atoms with Crippen LogP contribution in [0.2, 0.25) is 0 Å². The summed E-state index contributed by atoms with van der Waals surface area (Å²) >= 11 is 0. The smallest absolute Gasteiger partial charge is 0.126 e. The van der Waals surface area contributed by atoms with E-state index < -0.39 is 0 Å². The number of unbranched alkanes of at least 4 members (excludes halogenated alkanes) is 1. The molecule has 1 aromatic rings. The lowest BCUT2D eigenvalue weighted by atomic mass is 10.1. The van der Waals surface area contributed by atoms with Crippen molar-refractivity contribution in [3.05, 3.63) is 35.4 Å². The van der Waals surface area contributed by atoms with Gasteiger partial charge in [0, 0.05) is 0 Å². The Bertz CT molecular complexity index is 313. The van der Waals surface area contributed by atoms with Gasteiger partial charge in [-0.2, -0.15) is 0 Å². The summed E-state index contributed by atoms with van der Waals surface area (Å²) in [4.78, 5) is 0. The van der Waals surface area contributed by atoms with Crippen molar-refractivity contribution in [1.29, 1.82) is 0 Å². The highest BCUT2D eigenvalue weighted by Gasteiger charge is 2.03. The van der Waals surface area contributed by atoms with Crippen LogP contribution in [0.25, 0.3) is 0 Å². The highest BCUT2D eigenvalue weighted by atomic mass is 19.1. The Morgan fingerprint density at radius 2 is 1.94 bits per heavy atom. The molecule has 1 rings (SSSR count). The molecule has 0 heterocycles. The van der Waals surface area contributed by atoms with E-state index in [1.165, 1.54) is 12.1 Å². The molecule has 0 radical (unpaired) electrons. The van der Waals surface area contributed by atoms with Crippen molar-refractivity contribution >= 4 is 0 Å². The maximum absolute atomic E-state index is 13.2. The average molecular weight is 227 g/mol. The fourth-order valence-electron chi connectivity index (χ4n) is 1.60. The van der Waals surface area contributed by atoms with Crippen LogP contribution in [0.4, 0.5) is 8.78 Å². The first-order valence-corrected chi connectivity index (χ1v) is 5.88. The Kier molecular flexibility index (Phi) is 6.01. The van der Waals surface area contributed by atoms with Gasteiger partial charge >= 0.3 is 0 Å². The topological polar surface area (TPSA) is 12.0 Å². The van der Waals surface area contributed by atoms with Gasteiger partial charge in [0.2, 0.25) is 0 Å². The molecular weight excluding hydrogens is 208 g/mol. The lowest BCUT2D eigenvalue weighted by molar-refractivity contribution is 0.570. The number of halogens is 2. The van der Waals surface area contributed by atoms with E-state index >= 15 is 0 Å². The molecule has 1 N–H and O–H groups in total. The molecule has 0 saturated carbocycles. The van der Waals surface area contributed by atoms with Crippen molar-refractivity contribution in [1.82, 2.24) is 5.32 Å². The summed E-state index contributed by atoms with van der Waals surface area (Å²) < 4.78 is 26.1. The van der Waals surface area contributed by atoms with Crippen LogP contribution in [0.15, 0.2) is 18.2 Å². The molecule has 3 heteroatoms. The summed E-state index contributed by atoms with van der Waals surface area (Å²) in [6, 6.07) is 3.64. The molecule has 0 fully saturated rings. The third-order valence-electron chi connectivity index (χ3n) is 2.48. The van der Waals surface area contributed by atoms with Crippen LogP contribution in [0.1, 0.15) is 31.7 Å². The number of aryl methyl sites for hydroxylation is 1. The van der Waals surface area contributed by atoms with Gasteiger partial charge in [0.15, 0.2) is 0 Å². The second-order valence-electron chi connectivity index (χ2n) is 3.94. The van der Waals surface area contributed by atoms with Crippen molar-refractivity contribution in [2.45, 2.75) is 32.6 Å². The fraction of sp³-hybridized carbons (Fsp3) is 0.538. The molecule has 1 nitrogen and oxygen atoms in total. The molecule has 0 atom stereocenters. The van der Waals surface area contributed by atoms with Crippen molar-refractivity contribution in [2.75, 3.05) is 13.1 Å². The van der Waals surface area contributed by atoms with E-state index in [9.17, 15) is 8.78 Å². The largest absolute Gasteiger partial charge is 0.317 e. The average Bonchev–Trinajstić information content (AvgIpc) is 2.28. The minimum Gasteiger partial charge on any atom is -0.317 e. The fourth-order valence-corrected chi connectivity index (χ4v) is 1.60. The summed E-state index contributed by atoms with van der Waals surface area (Å²) in [5, 5.41) is 3.28. The van der Waals surface area contributed by atoms with Crippen LogP contribution in [0, 0.1) is 11.6 Å². The van der Waals surface area contributed by atoms with Crippen LogP contribution in [0.5, 0.6) is 0 Å². The molecule has 0 aliphatic rings. The minimum absolute atomic E-state index is 0.303. The standard InChI is InChI=1S/C13H19F2N/c1-2-8-16-9-4-3-5-11-10-12(14)6-7-13(11)15/h6-7,10,16H,2-5,8-9H2,1H3. The Labute approximate surface area is 95.9 Å². The monoisotopic (exact) mass is 227 g/mol. The number of rotatable bonds is 7. The maximum Gasteiger partial charge on any atom is 0.126 e. The molecule has 1 aromatic carbocycles. The van der Waals surface area contributed by atoms with Gasteiger partial charge in [-0.05, 0) is 62.5 Å². The van der Waals surface area contributed by atoms with Crippen LogP contribution >= 0.6 is 0 Å². The third kappa shape index (κ3) is 4.71. The van der Waals surface area contributed by atoms with Crippen molar-refractivity contribution in [3.63, 3.8) is 0 Å². The number of hydrogen-bond donors (Lipinski definition) is 1. The van der Waals surface area contributed by atoms with Gasteiger partial charge in [0.05, 0.1) is 0 Å². The minimum atomic E-state index is -0.361. The zero-order chi connectivity index (χ0) is 11.8. The number of benzene rings is 1. The number of nitrogens with one attached hydrogen (secondary N) is 1. The first-order valence-electron chi connectivity index (χ1n) is 5.88. The summed E-state index contributed by atoms with van der Waals surface area (Å²) in [6.07, 6.45) is 3.61. The lowest BCUT2D eigenvalue weighted by Crippen LogP contribution is -2.15.